The lowest BCUT2D eigenvalue weighted by Gasteiger charge is -2.15. The SMILES string of the molecule is COc1ccc(C(=O)CCN)cc1C1CCCC1. The number of hydrogen-bond acceptors (Lipinski definition) is 3. The molecule has 0 aliphatic heterocycles. The minimum absolute atomic E-state index is 0.124. The molecular weight excluding hydrogens is 226 g/mol. The summed E-state index contributed by atoms with van der Waals surface area (Å²) < 4.78 is 5.42. The number of methoxy groups -OCH3 is 1. The molecule has 0 amide bonds. The van der Waals surface area contributed by atoms with Crippen LogP contribution >= 0.6 is 0 Å². The van der Waals surface area contributed by atoms with E-state index in [4.69, 9.17) is 10.5 Å². The Kier molecular flexibility index (Phi) is 4.37. The number of ether oxygens (including phenoxy) is 1. The number of rotatable bonds is 5. The molecule has 18 heavy (non-hydrogen) atoms. The monoisotopic (exact) mass is 247 g/mol. The molecule has 1 aromatic carbocycles. The molecule has 1 fully saturated rings. The second-order valence-electron chi connectivity index (χ2n) is 4.90. The normalized spacial score (nSPS) is 15.9. The van der Waals surface area contributed by atoms with Crippen LogP contribution in [0.25, 0.3) is 0 Å². The maximum atomic E-state index is 11.9. The van der Waals surface area contributed by atoms with Crippen molar-refractivity contribution in [3.05, 3.63) is 29.3 Å². The topological polar surface area (TPSA) is 52.3 Å². The third-order valence-corrected chi connectivity index (χ3v) is 3.72. The molecule has 3 nitrogen and oxygen atoms in total. The van der Waals surface area contributed by atoms with Crippen molar-refractivity contribution in [1.29, 1.82) is 0 Å². The number of ketones is 1. The minimum atomic E-state index is 0.124. The van der Waals surface area contributed by atoms with Gasteiger partial charge in [0.25, 0.3) is 0 Å². The Labute approximate surface area is 108 Å². The molecule has 0 unspecified atom stereocenters. The van der Waals surface area contributed by atoms with E-state index in [0.717, 1.165) is 11.3 Å². The van der Waals surface area contributed by atoms with Crippen LogP contribution in [0.15, 0.2) is 18.2 Å². The van der Waals surface area contributed by atoms with E-state index >= 15 is 0 Å². The Bertz CT molecular complexity index is 423. The summed E-state index contributed by atoms with van der Waals surface area (Å²) in [5, 5.41) is 0. The Morgan fingerprint density at radius 1 is 1.39 bits per heavy atom. The van der Waals surface area contributed by atoms with Crippen molar-refractivity contribution in [2.75, 3.05) is 13.7 Å². The molecule has 1 aromatic rings. The van der Waals surface area contributed by atoms with Gasteiger partial charge in [-0.15, -0.1) is 0 Å². The molecule has 0 spiro atoms. The van der Waals surface area contributed by atoms with Gasteiger partial charge in [0.2, 0.25) is 0 Å². The van der Waals surface area contributed by atoms with Gasteiger partial charge in [0.1, 0.15) is 5.75 Å². The van der Waals surface area contributed by atoms with E-state index in [2.05, 4.69) is 0 Å². The van der Waals surface area contributed by atoms with E-state index in [-0.39, 0.29) is 5.78 Å². The molecule has 0 saturated heterocycles. The van der Waals surface area contributed by atoms with Gasteiger partial charge in [-0.05, 0) is 49.1 Å². The molecule has 0 heterocycles. The van der Waals surface area contributed by atoms with Crippen molar-refractivity contribution in [2.24, 2.45) is 5.73 Å². The summed E-state index contributed by atoms with van der Waals surface area (Å²) in [7, 11) is 1.69. The highest BCUT2D eigenvalue weighted by molar-refractivity contribution is 5.96. The van der Waals surface area contributed by atoms with Crippen molar-refractivity contribution in [2.45, 2.75) is 38.0 Å². The largest absolute Gasteiger partial charge is 0.496 e. The Morgan fingerprint density at radius 2 is 2.11 bits per heavy atom. The van der Waals surface area contributed by atoms with Gasteiger partial charge in [-0.3, -0.25) is 4.79 Å². The van der Waals surface area contributed by atoms with Crippen LogP contribution in [0.1, 0.15) is 53.9 Å². The van der Waals surface area contributed by atoms with Gasteiger partial charge in [0.15, 0.2) is 5.78 Å². The number of carbonyl (C=O) groups is 1. The fourth-order valence-electron chi connectivity index (χ4n) is 2.74. The third kappa shape index (κ3) is 2.72. The van der Waals surface area contributed by atoms with Crippen LogP contribution in [0.2, 0.25) is 0 Å². The molecule has 98 valence electrons. The first-order chi connectivity index (χ1) is 8.76. The van der Waals surface area contributed by atoms with E-state index < -0.39 is 0 Å². The lowest BCUT2D eigenvalue weighted by Crippen LogP contribution is -2.09. The zero-order valence-electron chi connectivity index (χ0n) is 10.9. The van der Waals surface area contributed by atoms with Gasteiger partial charge < -0.3 is 10.5 Å². The standard InChI is InChI=1S/C15H21NO2/c1-18-15-7-6-12(14(17)8-9-16)10-13(15)11-4-2-3-5-11/h6-7,10-11H,2-5,8-9,16H2,1H3. The molecule has 0 radical (unpaired) electrons. The second kappa shape index (κ2) is 6.01. The molecule has 0 aromatic heterocycles. The van der Waals surface area contributed by atoms with Crippen molar-refractivity contribution in [3.8, 4) is 5.75 Å². The van der Waals surface area contributed by atoms with Crippen molar-refractivity contribution in [1.82, 2.24) is 0 Å². The van der Waals surface area contributed by atoms with Crippen LogP contribution in [0.3, 0.4) is 0 Å². The van der Waals surface area contributed by atoms with Crippen molar-refractivity contribution < 1.29 is 9.53 Å². The lowest BCUT2D eigenvalue weighted by atomic mass is 9.93. The predicted molar refractivity (Wildman–Crippen MR) is 72.2 cm³/mol. The summed E-state index contributed by atoms with van der Waals surface area (Å²) in [5.41, 5.74) is 7.40. The molecular formula is C15H21NO2. The van der Waals surface area contributed by atoms with Gasteiger partial charge in [0.05, 0.1) is 7.11 Å². The van der Waals surface area contributed by atoms with Crippen LogP contribution in [0, 0.1) is 0 Å². The van der Waals surface area contributed by atoms with E-state index in [1.165, 1.54) is 31.2 Å². The molecule has 2 N–H and O–H groups in total. The summed E-state index contributed by atoms with van der Waals surface area (Å²) in [6.45, 7) is 0.406. The van der Waals surface area contributed by atoms with Crippen LogP contribution in [-0.4, -0.2) is 19.4 Å². The Morgan fingerprint density at radius 3 is 2.72 bits per heavy atom. The third-order valence-electron chi connectivity index (χ3n) is 3.72. The van der Waals surface area contributed by atoms with Crippen LogP contribution < -0.4 is 10.5 Å². The minimum Gasteiger partial charge on any atom is -0.496 e. The van der Waals surface area contributed by atoms with Crippen LogP contribution in [0.5, 0.6) is 5.75 Å². The number of benzene rings is 1. The van der Waals surface area contributed by atoms with E-state index in [0.29, 0.717) is 18.9 Å². The maximum absolute atomic E-state index is 11.9. The van der Waals surface area contributed by atoms with Gasteiger partial charge in [-0.1, -0.05) is 12.8 Å². The quantitative estimate of drug-likeness (QED) is 0.814. The highest BCUT2D eigenvalue weighted by Gasteiger charge is 2.21. The van der Waals surface area contributed by atoms with Gasteiger partial charge in [0, 0.05) is 12.0 Å². The van der Waals surface area contributed by atoms with Gasteiger partial charge in [-0.25, -0.2) is 0 Å². The molecule has 0 atom stereocenters. The summed E-state index contributed by atoms with van der Waals surface area (Å²) in [5.74, 6) is 1.58. The summed E-state index contributed by atoms with van der Waals surface area (Å²) in [4.78, 5) is 11.9. The molecule has 1 saturated carbocycles. The number of carbonyl (C=O) groups excluding carboxylic acids is 1. The highest BCUT2D eigenvalue weighted by Crippen LogP contribution is 2.39. The zero-order valence-corrected chi connectivity index (χ0v) is 10.9. The molecule has 0 bridgehead atoms. The predicted octanol–water partition coefficient (Wildman–Crippen LogP) is 2.88. The second-order valence-corrected chi connectivity index (χ2v) is 4.90. The van der Waals surface area contributed by atoms with E-state index in [1.807, 2.05) is 18.2 Å². The first kappa shape index (κ1) is 13.1. The first-order valence-electron chi connectivity index (χ1n) is 6.67. The van der Waals surface area contributed by atoms with Crippen LogP contribution in [-0.2, 0) is 0 Å². The zero-order chi connectivity index (χ0) is 13.0. The maximum Gasteiger partial charge on any atom is 0.164 e. The molecule has 1 aliphatic carbocycles. The lowest BCUT2D eigenvalue weighted by molar-refractivity contribution is 0.0985. The average molecular weight is 247 g/mol. The molecule has 1 aliphatic rings. The molecule has 3 heteroatoms. The van der Waals surface area contributed by atoms with Crippen molar-refractivity contribution in [3.63, 3.8) is 0 Å². The molecule has 2 rings (SSSR count). The fourth-order valence-corrected chi connectivity index (χ4v) is 2.74. The highest BCUT2D eigenvalue weighted by atomic mass is 16.5. The summed E-state index contributed by atoms with van der Waals surface area (Å²) >= 11 is 0. The number of hydrogen-bond donors (Lipinski definition) is 1. The Balaban J connectivity index is 2.29. The smallest absolute Gasteiger partial charge is 0.164 e. The van der Waals surface area contributed by atoms with E-state index in [9.17, 15) is 4.79 Å². The summed E-state index contributed by atoms with van der Waals surface area (Å²) in [6.07, 6.45) is 5.36. The Hall–Kier alpha value is -1.35. The van der Waals surface area contributed by atoms with Gasteiger partial charge in [-0.2, -0.15) is 0 Å². The number of Topliss-reactive ketones (excluding diaryl/α,β-unsaturated/α-hetero) is 1. The van der Waals surface area contributed by atoms with Gasteiger partial charge >= 0.3 is 0 Å². The first-order valence-corrected chi connectivity index (χ1v) is 6.67. The number of nitrogens with two attached hydrogens (primary N) is 1. The average Bonchev–Trinajstić information content (AvgIpc) is 2.92. The summed E-state index contributed by atoms with van der Waals surface area (Å²) in [6, 6.07) is 5.76. The van der Waals surface area contributed by atoms with Crippen LogP contribution in [0.4, 0.5) is 0 Å². The van der Waals surface area contributed by atoms with Crippen molar-refractivity contribution >= 4 is 5.78 Å². The van der Waals surface area contributed by atoms with E-state index in [1.54, 1.807) is 7.11 Å². The fraction of sp³-hybridized carbons (Fsp3) is 0.533.